The SMILES string of the molecule is CCC(Oc1ccc(OC)cc1)C(=O)NCc1ccc(OC)c(OC)c1OC. The molecular formula is C21H27NO6. The van der Waals surface area contributed by atoms with Crippen LogP contribution in [-0.2, 0) is 11.3 Å². The Hall–Kier alpha value is -3.09. The molecule has 2 aromatic carbocycles. The Morgan fingerprint density at radius 1 is 0.857 bits per heavy atom. The molecule has 1 N–H and O–H groups in total. The van der Waals surface area contributed by atoms with Gasteiger partial charge >= 0.3 is 0 Å². The van der Waals surface area contributed by atoms with Crippen LogP contribution in [0.25, 0.3) is 0 Å². The first-order chi connectivity index (χ1) is 13.6. The summed E-state index contributed by atoms with van der Waals surface area (Å²) in [7, 11) is 6.24. The minimum atomic E-state index is -0.612. The van der Waals surface area contributed by atoms with Gasteiger partial charge in [0, 0.05) is 12.1 Å². The molecule has 1 unspecified atom stereocenters. The Labute approximate surface area is 165 Å². The lowest BCUT2D eigenvalue weighted by Crippen LogP contribution is -2.37. The number of ether oxygens (including phenoxy) is 5. The van der Waals surface area contributed by atoms with Crippen LogP contribution in [0.15, 0.2) is 36.4 Å². The van der Waals surface area contributed by atoms with Gasteiger partial charge in [-0.25, -0.2) is 0 Å². The zero-order valence-corrected chi connectivity index (χ0v) is 16.9. The lowest BCUT2D eigenvalue weighted by molar-refractivity contribution is -0.128. The van der Waals surface area contributed by atoms with Crippen LogP contribution in [0.3, 0.4) is 0 Å². The molecule has 0 saturated carbocycles. The number of rotatable bonds is 10. The number of amides is 1. The van der Waals surface area contributed by atoms with Crippen LogP contribution < -0.4 is 29.0 Å². The van der Waals surface area contributed by atoms with Gasteiger partial charge in [0.1, 0.15) is 11.5 Å². The molecule has 28 heavy (non-hydrogen) atoms. The summed E-state index contributed by atoms with van der Waals surface area (Å²) < 4.78 is 27.0. The third kappa shape index (κ3) is 5.00. The van der Waals surface area contributed by atoms with Gasteiger partial charge in [0.2, 0.25) is 5.75 Å². The topological polar surface area (TPSA) is 75.3 Å². The van der Waals surface area contributed by atoms with E-state index in [2.05, 4.69) is 5.32 Å². The fourth-order valence-corrected chi connectivity index (χ4v) is 2.74. The van der Waals surface area contributed by atoms with Gasteiger partial charge in [-0.1, -0.05) is 6.92 Å². The predicted molar refractivity (Wildman–Crippen MR) is 106 cm³/mol. The lowest BCUT2D eigenvalue weighted by atomic mass is 10.1. The molecule has 7 heteroatoms. The summed E-state index contributed by atoms with van der Waals surface area (Å²) in [5, 5.41) is 2.89. The number of nitrogens with one attached hydrogen (secondary N) is 1. The van der Waals surface area contributed by atoms with E-state index in [1.165, 1.54) is 0 Å². The van der Waals surface area contributed by atoms with E-state index in [1.54, 1.807) is 58.8 Å². The molecule has 0 fully saturated rings. The van der Waals surface area contributed by atoms with E-state index in [9.17, 15) is 4.79 Å². The van der Waals surface area contributed by atoms with Crippen molar-refractivity contribution >= 4 is 5.91 Å². The monoisotopic (exact) mass is 389 g/mol. The molecule has 0 aliphatic heterocycles. The predicted octanol–water partition coefficient (Wildman–Crippen LogP) is 3.19. The second-order valence-corrected chi connectivity index (χ2v) is 5.90. The summed E-state index contributed by atoms with van der Waals surface area (Å²) >= 11 is 0. The summed E-state index contributed by atoms with van der Waals surface area (Å²) in [5.41, 5.74) is 0.771. The summed E-state index contributed by atoms with van der Waals surface area (Å²) in [4.78, 5) is 12.6. The maximum atomic E-state index is 12.6. The molecule has 7 nitrogen and oxygen atoms in total. The molecular weight excluding hydrogens is 362 g/mol. The van der Waals surface area contributed by atoms with Crippen LogP contribution in [-0.4, -0.2) is 40.5 Å². The van der Waals surface area contributed by atoms with Crippen molar-refractivity contribution in [1.29, 1.82) is 0 Å². The minimum absolute atomic E-state index is 0.213. The first-order valence-corrected chi connectivity index (χ1v) is 8.94. The van der Waals surface area contributed by atoms with E-state index in [4.69, 9.17) is 23.7 Å². The zero-order valence-electron chi connectivity index (χ0n) is 16.9. The average molecular weight is 389 g/mol. The third-order valence-electron chi connectivity index (χ3n) is 4.24. The summed E-state index contributed by atoms with van der Waals surface area (Å²) in [5.74, 6) is 2.68. The Balaban J connectivity index is 2.06. The molecule has 0 radical (unpaired) electrons. The Morgan fingerprint density at radius 2 is 1.50 bits per heavy atom. The largest absolute Gasteiger partial charge is 0.497 e. The molecule has 152 valence electrons. The van der Waals surface area contributed by atoms with Crippen molar-refractivity contribution in [3.8, 4) is 28.7 Å². The van der Waals surface area contributed by atoms with Gasteiger partial charge in [0.25, 0.3) is 5.91 Å². The summed E-state index contributed by atoms with van der Waals surface area (Å²) in [6, 6.07) is 10.7. The van der Waals surface area contributed by atoms with E-state index in [0.717, 1.165) is 11.3 Å². The van der Waals surface area contributed by atoms with Crippen molar-refractivity contribution < 1.29 is 28.5 Å². The number of benzene rings is 2. The molecule has 2 aromatic rings. The van der Waals surface area contributed by atoms with Crippen LogP contribution in [0, 0.1) is 0 Å². The molecule has 2 rings (SSSR count). The smallest absolute Gasteiger partial charge is 0.261 e. The fourth-order valence-electron chi connectivity index (χ4n) is 2.74. The number of hydrogen-bond donors (Lipinski definition) is 1. The van der Waals surface area contributed by atoms with Crippen molar-refractivity contribution in [1.82, 2.24) is 5.32 Å². The molecule has 0 aliphatic carbocycles. The Morgan fingerprint density at radius 3 is 2.04 bits per heavy atom. The van der Waals surface area contributed by atoms with Gasteiger partial charge in [0.05, 0.1) is 28.4 Å². The van der Waals surface area contributed by atoms with Crippen LogP contribution in [0.1, 0.15) is 18.9 Å². The maximum Gasteiger partial charge on any atom is 0.261 e. The summed E-state index contributed by atoms with van der Waals surface area (Å²) in [6.07, 6.45) is -0.0828. The minimum Gasteiger partial charge on any atom is -0.497 e. The van der Waals surface area contributed by atoms with E-state index in [-0.39, 0.29) is 12.5 Å². The Kier molecular flexibility index (Phi) is 7.80. The fraction of sp³-hybridized carbons (Fsp3) is 0.381. The molecule has 0 saturated heterocycles. The zero-order chi connectivity index (χ0) is 20.5. The number of carbonyl (C=O) groups excluding carboxylic acids is 1. The van der Waals surface area contributed by atoms with E-state index in [0.29, 0.717) is 29.4 Å². The first kappa shape index (κ1) is 21.2. The normalized spacial score (nSPS) is 11.3. The van der Waals surface area contributed by atoms with E-state index >= 15 is 0 Å². The lowest BCUT2D eigenvalue weighted by Gasteiger charge is -2.19. The van der Waals surface area contributed by atoms with Crippen LogP contribution in [0.4, 0.5) is 0 Å². The number of hydrogen-bond acceptors (Lipinski definition) is 6. The molecule has 0 bridgehead atoms. The highest BCUT2D eigenvalue weighted by atomic mass is 16.5. The maximum absolute atomic E-state index is 12.6. The van der Waals surface area contributed by atoms with Gasteiger partial charge in [-0.3, -0.25) is 4.79 Å². The second-order valence-electron chi connectivity index (χ2n) is 5.90. The van der Waals surface area contributed by atoms with Crippen molar-refractivity contribution in [3.05, 3.63) is 42.0 Å². The molecule has 1 amide bonds. The van der Waals surface area contributed by atoms with E-state index in [1.807, 2.05) is 13.0 Å². The van der Waals surface area contributed by atoms with Crippen molar-refractivity contribution in [2.75, 3.05) is 28.4 Å². The molecule has 0 heterocycles. The van der Waals surface area contributed by atoms with Crippen LogP contribution in [0.2, 0.25) is 0 Å². The quantitative estimate of drug-likeness (QED) is 0.673. The standard InChI is InChI=1S/C21H27NO6/c1-6-17(28-16-10-8-15(24-2)9-11-16)21(23)22-13-14-7-12-18(25-3)20(27-5)19(14)26-4/h7-12,17H,6,13H2,1-5H3,(H,22,23). The van der Waals surface area contributed by atoms with Crippen molar-refractivity contribution in [2.24, 2.45) is 0 Å². The van der Waals surface area contributed by atoms with Crippen LogP contribution in [0.5, 0.6) is 28.7 Å². The number of methoxy groups -OCH3 is 4. The number of carbonyl (C=O) groups is 1. The Bertz CT molecular complexity index is 775. The van der Waals surface area contributed by atoms with Crippen molar-refractivity contribution in [2.45, 2.75) is 26.0 Å². The van der Waals surface area contributed by atoms with Crippen LogP contribution >= 0.6 is 0 Å². The van der Waals surface area contributed by atoms with Crippen molar-refractivity contribution in [3.63, 3.8) is 0 Å². The molecule has 0 aromatic heterocycles. The average Bonchev–Trinajstić information content (AvgIpc) is 2.75. The van der Waals surface area contributed by atoms with Gasteiger partial charge in [0.15, 0.2) is 17.6 Å². The highest BCUT2D eigenvalue weighted by Crippen LogP contribution is 2.39. The second kappa shape index (κ2) is 10.3. The first-order valence-electron chi connectivity index (χ1n) is 8.94. The molecule has 1 atom stereocenters. The van der Waals surface area contributed by atoms with Gasteiger partial charge in [-0.15, -0.1) is 0 Å². The van der Waals surface area contributed by atoms with Gasteiger partial charge < -0.3 is 29.0 Å². The molecule has 0 aliphatic rings. The third-order valence-corrected chi connectivity index (χ3v) is 4.24. The summed E-state index contributed by atoms with van der Waals surface area (Å²) in [6.45, 7) is 2.16. The van der Waals surface area contributed by atoms with Gasteiger partial charge in [-0.2, -0.15) is 0 Å². The molecule has 0 spiro atoms. The highest BCUT2D eigenvalue weighted by Gasteiger charge is 2.20. The highest BCUT2D eigenvalue weighted by molar-refractivity contribution is 5.81. The van der Waals surface area contributed by atoms with Gasteiger partial charge in [-0.05, 0) is 42.8 Å². The van der Waals surface area contributed by atoms with E-state index < -0.39 is 6.10 Å².